The van der Waals surface area contributed by atoms with Crippen molar-refractivity contribution in [3.63, 3.8) is 0 Å². The van der Waals surface area contributed by atoms with E-state index >= 15 is 0 Å². The minimum absolute atomic E-state index is 0.322. The molecule has 0 spiro atoms. The molecule has 94 valence electrons. The lowest BCUT2D eigenvalue weighted by atomic mass is 10.1. The molecule has 1 aromatic rings. The van der Waals surface area contributed by atoms with Gasteiger partial charge in [0.05, 0.1) is 0 Å². The van der Waals surface area contributed by atoms with E-state index in [9.17, 15) is 4.79 Å². The first-order valence-electron chi connectivity index (χ1n) is 5.58. The molecule has 1 atom stereocenters. The maximum Gasteiger partial charge on any atom is 0.238 e. The molecule has 0 aromatic heterocycles. The fraction of sp³-hybridized carbons (Fsp3) is 0.462. The van der Waals surface area contributed by atoms with E-state index in [1.54, 1.807) is 18.8 Å². The third kappa shape index (κ3) is 3.48. The summed E-state index contributed by atoms with van der Waals surface area (Å²) in [5.74, 6) is 0.306. The number of primary amides is 1. The van der Waals surface area contributed by atoms with Crippen LogP contribution in [0.15, 0.2) is 23.1 Å². The predicted molar refractivity (Wildman–Crippen MR) is 73.3 cm³/mol. The zero-order chi connectivity index (χ0) is 13.1. The van der Waals surface area contributed by atoms with Crippen molar-refractivity contribution < 1.29 is 4.79 Å². The number of thioether (sulfide) groups is 1. The minimum Gasteiger partial charge on any atom is -0.368 e. The highest BCUT2D eigenvalue weighted by Gasteiger charge is 2.29. The highest BCUT2D eigenvalue weighted by atomic mass is 32.2. The minimum atomic E-state index is -0.665. The second kappa shape index (κ2) is 5.56. The first kappa shape index (κ1) is 14.1. The summed E-state index contributed by atoms with van der Waals surface area (Å²) in [6.45, 7) is 5.98. The van der Waals surface area contributed by atoms with Crippen molar-refractivity contribution in [1.82, 2.24) is 5.32 Å². The number of nitrogens with one attached hydrogen (secondary N) is 1. The van der Waals surface area contributed by atoms with E-state index in [0.717, 1.165) is 0 Å². The summed E-state index contributed by atoms with van der Waals surface area (Å²) in [6.07, 6.45) is 0. The Labute approximate surface area is 107 Å². The third-order valence-electron chi connectivity index (χ3n) is 2.94. The molecule has 0 bridgehead atoms. The molecule has 0 fully saturated rings. The average molecular weight is 252 g/mol. The fourth-order valence-corrected chi connectivity index (χ4v) is 2.63. The van der Waals surface area contributed by atoms with Gasteiger partial charge in [0.15, 0.2) is 0 Å². The molecule has 0 radical (unpaired) electrons. The Bertz CT molecular complexity index is 420. The summed E-state index contributed by atoms with van der Waals surface area (Å²) >= 11 is 1.65. The normalized spacial score (nSPS) is 14.4. The lowest BCUT2D eigenvalue weighted by molar-refractivity contribution is -0.122. The zero-order valence-electron chi connectivity index (χ0n) is 10.8. The van der Waals surface area contributed by atoms with Crippen molar-refractivity contribution in [2.75, 3.05) is 12.8 Å². The first-order valence-corrected chi connectivity index (χ1v) is 6.56. The van der Waals surface area contributed by atoms with Gasteiger partial charge in [0.25, 0.3) is 0 Å². The SMILES string of the molecule is CNC(C)(CSc1ccc(C)cc1C)C(N)=O. The number of hydrogen-bond acceptors (Lipinski definition) is 3. The third-order valence-corrected chi connectivity index (χ3v) is 4.43. The lowest BCUT2D eigenvalue weighted by Gasteiger charge is -2.25. The number of benzene rings is 1. The highest BCUT2D eigenvalue weighted by molar-refractivity contribution is 7.99. The number of amides is 1. The fourth-order valence-electron chi connectivity index (χ4n) is 1.45. The van der Waals surface area contributed by atoms with E-state index in [1.807, 2.05) is 6.92 Å². The standard InChI is InChI=1S/C13H20N2OS/c1-9-5-6-11(10(2)7-9)17-8-13(3,15-4)12(14)16/h5-7,15H,8H2,1-4H3,(H2,14,16). The van der Waals surface area contributed by atoms with Crippen molar-refractivity contribution in [3.05, 3.63) is 29.3 Å². The van der Waals surface area contributed by atoms with Crippen LogP contribution in [0.1, 0.15) is 18.1 Å². The molecule has 0 aliphatic carbocycles. The van der Waals surface area contributed by atoms with Crippen LogP contribution in [0.25, 0.3) is 0 Å². The molecule has 3 N–H and O–H groups in total. The van der Waals surface area contributed by atoms with Gasteiger partial charge >= 0.3 is 0 Å². The van der Waals surface area contributed by atoms with Gasteiger partial charge < -0.3 is 11.1 Å². The van der Waals surface area contributed by atoms with E-state index < -0.39 is 5.54 Å². The topological polar surface area (TPSA) is 55.1 Å². The molecule has 0 aliphatic heterocycles. The number of nitrogens with two attached hydrogens (primary N) is 1. The Balaban J connectivity index is 2.76. The second-order valence-electron chi connectivity index (χ2n) is 4.50. The van der Waals surface area contributed by atoms with Gasteiger partial charge in [-0.2, -0.15) is 0 Å². The van der Waals surface area contributed by atoms with Gasteiger partial charge in [-0.3, -0.25) is 4.79 Å². The summed E-state index contributed by atoms with van der Waals surface area (Å²) < 4.78 is 0. The summed E-state index contributed by atoms with van der Waals surface area (Å²) in [5, 5.41) is 2.98. The monoisotopic (exact) mass is 252 g/mol. The van der Waals surface area contributed by atoms with Crippen LogP contribution in [-0.2, 0) is 4.79 Å². The van der Waals surface area contributed by atoms with Crippen LogP contribution < -0.4 is 11.1 Å². The van der Waals surface area contributed by atoms with Gasteiger partial charge in [-0.05, 0) is 39.4 Å². The van der Waals surface area contributed by atoms with Gasteiger partial charge in [0.1, 0.15) is 5.54 Å². The Morgan fingerprint density at radius 3 is 2.59 bits per heavy atom. The van der Waals surface area contributed by atoms with Crippen molar-refractivity contribution in [2.45, 2.75) is 31.2 Å². The molecule has 4 heteroatoms. The summed E-state index contributed by atoms with van der Waals surface area (Å²) in [4.78, 5) is 12.6. The maximum absolute atomic E-state index is 11.4. The summed E-state index contributed by atoms with van der Waals surface area (Å²) in [6, 6.07) is 6.31. The lowest BCUT2D eigenvalue weighted by Crippen LogP contribution is -2.53. The summed E-state index contributed by atoms with van der Waals surface area (Å²) in [5.41, 5.74) is 7.21. The Morgan fingerprint density at radius 1 is 1.47 bits per heavy atom. The smallest absolute Gasteiger partial charge is 0.238 e. The van der Waals surface area contributed by atoms with Gasteiger partial charge in [0.2, 0.25) is 5.91 Å². The van der Waals surface area contributed by atoms with Crippen LogP contribution in [-0.4, -0.2) is 24.2 Å². The molecular formula is C13H20N2OS. The average Bonchev–Trinajstić information content (AvgIpc) is 2.27. The highest BCUT2D eigenvalue weighted by Crippen LogP contribution is 2.26. The maximum atomic E-state index is 11.4. The molecule has 1 rings (SSSR count). The van der Waals surface area contributed by atoms with E-state index in [1.165, 1.54) is 16.0 Å². The molecule has 17 heavy (non-hydrogen) atoms. The summed E-state index contributed by atoms with van der Waals surface area (Å²) in [7, 11) is 1.76. The van der Waals surface area contributed by atoms with Crippen LogP contribution in [0.4, 0.5) is 0 Å². The molecule has 1 aromatic carbocycles. The van der Waals surface area contributed by atoms with Crippen LogP contribution in [0, 0.1) is 13.8 Å². The number of hydrogen-bond donors (Lipinski definition) is 2. The van der Waals surface area contributed by atoms with Crippen LogP contribution in [0.2, 0.25) is 0 Å². The van der Waals surface area contributed by atoms with Crippen LogP contribution in [0.3, 0.4) is 0 Å². The molecule has 0 aliphatic rings. The van der Waals surface area contributed by atoms with Gasteiger partial charge in [-0.15, -0.1) is 11.8 Å². The molecular weight excluding hydrogens is 232 g/mol. The van der Waals surface area contributed by atoms with Crippen LogP contribution >= 0.6 is 11.8 Å². The number of likely N-dealkylation sites (N-methyl/N-ethyl adjacent to an activating group) is 1. The number of rotatable bonds is 5. The van der Waals surface area contributed by atoms with Crippen molar-refractivity contribution in [3.8, 4) is 0 Å². The van der Waals surface area contributed by atoms with Gasteiger partial charge in [-0.1, -0.05) is 17.7 Å². The number of carbonyl (C=O) groups excluding carboxylic acids is 1. The van der Waals surface area contributed by atoms with Crippen molar-refractivity contribution in [1.29, 1.82) is 0 Å². The molecule has 3 nitrogen and oxygen atoms in total. The Hall–Kier alpha value is -1.00. The Kier molecular flexibility index (Phi) is 4.60. The van der Waals surface area contributed by atoms with Gasteiger partial charge in [-0.25, -0.2) is 0 Å². The van der Waals surface area contributed by atoms with Gasteiger partial charge in [0, 0.05) is 10.6 Å². The molecule has 0 saturated heterocycles. The predicted octanol–water partition coefficient (Wildman–Crippen LogP) is 1.86. The number of aryl methyl sites for hydroxylation is 2. The number of carbonyl (C=O) groups is 1. The van der Waals surface area contributed by atoms with E-state index in [0.29, 0.717) is 5.75 Å². The largest absolute Gasteiger partial charge is 0.368 e. The van der Waals surface area contributed by atoms with Crippen LogP contribution in [0.5, 0.6) is 0 Å². The molecule has 0 heterocycles. The van der Waals surface area contributed by atoms with E-state index in [2.05, 4.69) is 37.4 Å². The first-order chi connectivity index (χ1) is 7.89. The Morgan fingerprint density at radius 2 is 2.12 bits per heavy atom. The molecule has 1 unspecified atom stereocenters. The van der Waals surface area contributed by atoms with Crippen molar-refractivity contribution in [2.24, 2.45) is 5.73 Å². The molecule has 1 amide bonds. The second-order valence-corrected chi connectivity index (χ2v) is 5.52. The zero-order valence-corrected chi connectivity index (χ0v) is 11.6. The van der Waals surface area contributed by atoms with E-state index in [-0.39, 0.29) is 5.91 Å². The molecule has 0 saturated carbocycles. The van der Waals surface area contributed by atoms with E-state index in [4.69, 9.17) is 5.73 Å². The quantitative estimate of drug-likeness (QED) is 0.786. The van der Waals surface area contributed by atoms with Crippen molar-refractivity contribution >= 4 is 17.7 Å².